The number of rotatable bonds is 3. The lowest BCUT2D eigenvalue weighted by molar-refractivity contribution is 0.188. The van der Waals surface area contributed by atoms with Gasteiger partial charge in [-0.25, -0.2) is 4.79 Å². The van der Waals surface area contributed by atoms with Gasteiger partial charge < -0.3 is 25.1 Å². The van der Waals surface area contributed by atoms with Crippen molar-refractivity contribution in [2.45, 2.75) is 18.9 Å². The number of hydrogen-bond donors (Lipinski definition) is 2. The summed E-state index contributed by atoms with van der Waals surface area (Å²) in [6, 6.07) is 18.1. The fourth-order valence-corrected chi connectivity index (χ4v) is 4.04. The van der Waals surface area contributed by atoms with Crippen LogP contribution in [0.5, 0.6) is 5.75 Å². The van der Waals surface area contributed by atoms with Gasteiger partial charge >= 0.3 is 6.03 Å². The minimum absolute atomic E-state index is 0.0497. The van der Waals surface area contributed by atoms with Gasteiger partial charge in [-0.1, -0.05) is 24.3 Å². The first kappa shape index (κ1) is 18.5. The van der Waals surface area contributed by atoms with E-state index < -0.39 is 0 Å². The van der Waals surface area contributed by atoms with Crippen LogP contribution in [0, 0.1) is 0 Å². The number of urea groups is 1. The van der Waals surface area contributed by atoms with Crippen molar-refractivity contribution in [3.63, 3.8) is 0 Å². The minimum atomic E-state index is 0.0497. The van der Waals surface area contributed by atoms with Gasteiger partial charge in [0.2, 0.25) is 0 Å². The Bertz CT molecular complexity index is 782. The largest absolute Gasteiger partial charge is 0.508 e. The summed E-state index contributed by atoms with van der Waals surface area (Å²) in [5, 5.41) is 12.9. The molecule has 2 fully saturated rings. The Kier molecular flexibility index (Phi) is 5.55. The lowest BCUT2D eigenvalue weighted by Crippen LogP contribution is -2.55. The first-order chi connectivity index (χ1) is 13.7. The molecule has 2 N–H and O–H groups in total. The predicted molar refractivity (Wildman–Crippen MR) is 112 cm³/mol. The van der Waals surface area contributed by atoms with E-state index in [4.69, 9.17) is 0 Å². The number of piperazine rings is 1. The van der Waals surface area contributed by atoms with E-state index in [2.05, 4.69) is 39.4 Å². The number of carbonyl (C=O) groups is 1. The van der Waals surface area contributed by atoms with E-state index in [1.807, 2.05) is 23.1 Å². The summed E-state index contributed by atoms with van der Waals surface area (Å²) in [7, 11) is 0. The Morgan fingerprint density at radius 3 is 2.14 bits per heavy atom. The summed E-state index contributed by atoms with van der Waals surface area (Å²) < 4.78 is 0. The molecule has 2 aromatic rings. The molecule has 2 saturated heterocycles. The number of para-hydroxylation sites is 1. The monoisotopic (exact) mass is 380 g/mol. The van der Waals surface area contributed by atoms with E-state index in [1.165, 1.54) is 5.69 Å². The molecule has 0 atom stereocenters. The molecule has 0 bridgehead atoms. The molecular weight excluding hydrogens is 352 g/mol. The fraction of sp³-hybridized carbons (Fsp3) is 0.409. The smallest absolute Gasteiger partial charge is 0.317 e. The lowest BCUT2D eigenvalue weighted by Gasteiger charge is -2.38. The Morgan fingerprint density at radius 1 is 0.821 bits per heavy atom. The van der Waals surface area contributed by atoms with Crippen molar-refractivity contribution in [3.05, 3.63) is 54.6 Å². The number of phenols is 1. The standard InChI is InChI=1S/C22H28N4O2/c27-21-8-4-7-20(17-21)25-13-15-26(16-14-25)22(28)23-18-9-11-24(12-10-18)19-5-2-1-3-6-19/h1-8,17-18,27H,9-16H2,(H,23,28). The molecule has 0 saturated carbocycles. The summed E-state index contributed by atoms with van der Waals surface area (Å²) in [4.78, 5) is 19.2. The third kappa shape index (κ3) is 4.32. The average molecular weight is 380 g/mol. The van der Waals surface area contributed by atoms with Crippen LogP contribution >= 0.6 is 0 Å². The zero-order valence-electron chi connectivity index (χ0n) is 16.1. The van der Waals surface area contributed by atoms with Crippen LogP contribution in [0.4, 0.5) is 16.2 Å². The maximum atomic E-state index is 12.7. The molecule has 6 nitrogen and oxygen atoms in total. The topological polar surface area (TPSA) is 59.1 Å². The number of phenolic OH excluding ortho intramolecular Hbond substituents is 1. The van der Waals surface area contributed by atoms with Crippen LogP contribution in [0.3, 0.4) is 0 Å². The number of hydrogen-bond acceptors (Lipinski definition) is 4. The zero-order chi connectivity index (χ0) is 19.3. The number of amides is 2. The quantitative estimate of drug-likeness (QED) is 0.860. The van der Waals surface area contributed by atoms with Gasteiger partial charge in [0, 0.05) is 62.8 Å². The van der Waals surface area contributed by atoms with Gasteiger partial charge in [-0.15, -0.1) is 0 Å². The number of piperidine rings is 1. The SMILES string of the molecule is O=C(NC1CCN(c2ccccc2)CC1)N1CCN(c2cccc(O)c2)CC1. The van der Waals surface area contributed by atoms with Crippen molar-refractivity contribution in [1.82, 2.24) is 10.2 Å². The van der Waals surface area contributed by atoms with E-state index in [0.717, 1.165) is 44.7 Å². The van der Waals surface area contributed by atoms with Crippen LogP contribution in [-0.4, -0.2) is 61.3 Å². The second-order valence-corrected chi connectivity index (χ2v) is 7.54. The van der Waals surface area contributed by atoms with E-state index in [0.29, 0.717) is 13.1 Å². The van der Waals surface area contributed by atoms with Crippen molar-refractivity contribution in [2.24, 2.45) is 0 Å². The molecule has 6 heteroatoms. The molecule has 0 aromatic heterocycles. The minimum Gasteiger partial charge on any atom is -0.508 e. The summed E-state index contributed by atoms with van der Waals surface area (Å²) >= 11 is 0. The van der Waals surface area contributed by atoms with Crippen LogP contribution < -0.4 is 15.1 Å². The molecule has 0 spiro atoms. The Morgan fingerprint density at radius 2 is 1.46 bits per heavy atom. The van der Waals surface area contributed by atoms with Crippen LogP contribution in [0.1, 0.15) is 12.8 Å². The van der Waals surface area contributed by atoms with Crippen LogP contribution in [0.25, 0.3) is 0 Å². The first-order valence-corrected chi connectivity index (χ1v) is 10.1. The highest BCUT2D eigenvalue weighted by molar-refractivity contribution is 5.75. The summed E-state index contributed by atoms with van der Waals surface area (Å²) in [6.45, 7) is 4.90. The zero-order valence-corrected chi connectivity index (χ0v) is 16.1. The number of nitrogens with one attached hydrogen (secondary N) is 1. The number of benzene rings is 2. The van der Waals surface area contributed by atoms with Gasteiger partial charge in [0.1, 0.15) is 5.75 Å². The maximum absolute atomic E-state index is 12.7. The van der Waals surface area contributed by atoms with Crippen LogP contribution in [-0.2, 0) is 0 Å². The van der Waals surface area contributed by atoms with E-state index in [-0.39, 0.29) is 17.8 Å². The first-order valence-electron chi connectivity index (χ1n) is 10.1. The molecule has 2 aliphatic rings. The van der Waals surface area contributed by atoms with Crippen LogP contribution in [0.15, 0.2) is 54.6 Å². The van der Waals surface area contributed by atoms with Gasteiger partial charge in [0.15, 0.2) is 0 Å². The van der Waals surface area contributed by atoms with E-state index in [9.17, 15) is 9.90 Å². The molecule has 0 aliphatic carbocycles. The molecule has 2 heterocycles. The molecule has 0 unspecified atom stereocenters. The predicted octanol–water partition coefficient (Wildman–Crippen LogP) is 2.89. The second-order valence-electron chi connectivity index (χ2n) is 7.54. The maximum Gasteiger partial charge on any atom is 0.317 e. The van der Waals surface area contributed by atoms with Gasteiger partial charge in [0.05, 0.1) is 0 Å². The van der Waals surface area contributed by atoms with E-state index in [1.54, 1.807) is 12.1 Å². The summed E-state index contributed by atoms with van der Waals surface area (Å²) in [6.07, 6.45) is 1.95. The molecule has 2 amide bonds. The highest BCUT2D eigenvalue weighted by Gasteiger charge is 2.25. The lowest BCUT2D eigenvalue weighted by atomic mass is 10.0. The number of anilines is 2. The van der Waals surface area contributed by atoms with E-state index >= 15 is 0 Å². The molecular formula is C22H28N4O2. The van der Waals surface area contributed by atoms with Crippen molar-refractivity contribution in [3.8, 4) is 5.75 Å². The number of nitrogens with zero attached hydrogens (tertiary/aromatic N) is 3. The third-order valence-corrected chi connectivity index (χ3v) is 5.71. The summed E-state index contributed by atoms with van der Waals surface area (Å²) in [5.74, 6) is 0.277. The average Bonchev–Trinajstić information content (AvgIpc) is 2.75. The molecule has 0 radical (unpaired) electrons. The molecule has 2 aromatic carbocycles. The highest BCUT2D eigenvalue weighted by atomic mass is 16.3. The van der Waals surface area contributed by atoms with Crippen molar-refractivity contribution >= 4 is 17.4 Å². The van der Waals surface area contributed by atoms with Crippen molar-refractivity contribution in [1.29, 1.82) is 0 Å². The molecule has 4 rings (SSSR count). The Balaban J connectivity index is 1.23. The normalized spacial score (nSPS) is 18.2. The fourth-order valence-electron chi connectivity index (χ4n) is 4.04. The van der Waals surface area contributed by atoms with Gasteiger partial charge in [-0.2, -0.15) is 0 Å². The Hall–Kier alpha value is -2.89. The van der Waals surface area contributed by atoms with Gasteiger partial charge in [-0.05, 0) is 37.1 Å². The van der Waals surface area contributed by atoms with Gasteiger partial charge in [0.25, 0.3) is 0 Å². The van der Waals surface area contributed by atoms with Crippen LogP contribution in [0.2, 0.25) is 0 Å². The third-order valence-electron chi connectivity index (χ3n) is 5.71. The second kappa shape index (κ2) is 8.42. The number of aromatic hydroxyl groups is 1. The van der Waals surface area contributed by atoms with Gasteiger partial charge in [-0.3, -0.25) is 0 Å². The number of carbonyl (C=O) groups excluding carboxylic acids is 1. The highest BCUT2D eigenvalue weighted by Crippen LogP contribution is 2.22. The van der Waals surface area contributed by atoms with Crippen molar-refractivity contribution in [2.75, 3.05) is 49.1 Å². The Labute approximate surface area is 166 Å². The van der Waals surface area contributed by atoms with Crippen molar-refractivity contribution < 1.29 is 9.90 Å². The summed E-state index contributed by atoms with van der Waals surface area (Å²) in [5.41, 5.74) is 2.27. The molecule has 2 aliphatic heterocycles. The molecule has 148 valence electrons. The molecule has 28 heavy (non-hydrogen) atoms.